The molecule has 3 nitrogen and oxygen atoms in total. The molecule has 0 aliphatic rings. The van der Waals surface area contributed by atoms with E-state index in [9.17, 15) is 4.79 Å². The van der Waals surface area contributed by atoms with Gasteiger partial charge in [-0.05, 0) is 29.8 Å². The van der Waals surface area contributed by atoms with Crippen molar-refractivity contribution in [2.45, 2.75) is 6.92 Å². The lowest BCUT2D eigenvalue weighted by atomic mass is 10.1. The van der Waals surface area contributed by atoms with E-state index < -0.39 is 0 Å². The van der Waals surface area contributed by atoms with E-state index in [0.29, 0.717) is 17.1 Å². The summed E-state index contributed by atoms with van der Waals surface area (Å²) < 4.78 is 11.1. The van der Waals surface area contributed by atoms with Gasteiger partial charge in [0.1, 0.15) is 0 Å². The Labute approximate surface area is 135 Å². The molecule has 0 aromatic heterocycles. The monoisotopic (exact) mass is 306 g/mol. The van der Waals surface area contributed by atoms with Gasteiger partial charge in [-0.2, -0.15) is 0 Å². The number of carbonyl (C=O) groups is 1. The first-order valence-corrected chi connectivity index (χ1v) is 7.47. The maximum absolute atomic E-state index is 12.2. The molecule has 23 heavy (non-hydrogen) atoms. The minimum atomic E-state index is -0.0554. The molecule has 0 atom stereocenters. The number of ether oxygens (including phenoxy) is 2. The summed E-state index contributed by atoms with van der Waals surface area (Å²) in [5.41, 5.74) is 1.77. The van der Waals surface area contributed by atoms with E-state index in [1.807, 2.05) is 67.6 Å². The van der Waals surface area contributed by atoms with Gasteiger partial charge in [-0.25, -0.2) is 0 Å². The maximum Gasteiger partial charge on any atom is 0.200 e. The van der Waals surface area contributed by atoms with E-state index in [0.717, 1.165) is 16.3 Å². The van der Waals surface area contributed by atoms with E-state index in [1.165, 1.54) is 0 Å². The third-order valence-corrected chi connectivity index (χ3v) is 3.76. The number of Topliss-reactive ketones (excluding diaryl/α,β-unsaturated/α-hetero) is 1. The molecule has 3 aromatic carbocycles. The first-order chi connectivity index (χ1) is 11.2. The normalized spacial score (nSPS) is 10.5. The summed E-state index contributed by atoms with van der Waals surface area (Å²) in [6, 6.07) is 19.3. The second kappa shape index (κ2) is 6.53. The van der Waals surface area contributed by atoms with Gasteiger partial charge in [0.25, 0.3) is 0 Å². The summed E-state index contributed by atoms with van der Waals surface area (Å²) in [5, 5.41) is 2.12. The number of carbonyl (C=O) groups excluding carboxylic acids is 1. The Kier molecular flexibility index (Phi) is 4.29. The molecular weight excluding hydrogens is 288 g/mol. The third kappa shape index (κ3) is 3.34. The topological polar surface area (TPSA) is 35.5 Å². The lowest BCUT2D eigenvalue weighted by Crippen LogP contribution is -2.12. The highest BCUT2D eigenvalue weighted by atomic mass is 16.5. The lowest BCUT2D eigenvalue weighted by molar-refractivity contribution is 0.0919. The van der Waals surface area contributed by atoms with Crippen LogP contribution in [0.5, 0.6) is 11.5 Å². The van der Waals surface area contributed by atoms with Gasteiger partial charge in [-0.15, -0.1) is 0 Å². The largest absolute Gasteiger partial charge is 0.493 e. The third-order valence-electron chi connectivity index (χ3n) is 3.76. The van der Waals surface area contributed by atoms with Crippen LogP contribution < -0.4 is 9.47 Å². The Morgan fingerprint density at radius 3 is 2.13 bits per heavy atom. The van der Waals surface area contributed by atoms with Crippen LogP contribution in [0.15, 0.2) is 60.7 Å². The average molecular weight is 306 g/mol. The predicted molar refractivity (Wildman–Crippen MR) is 91.5 cm³/mol. The molecule has 3 heteroatoms. The summed E-state index contributed by atoms with van der Waals surface area (Å²) in [4.78, 5) is 12.2. The number of hydrogen-bond donors (Lipinski definition) is 0. The van der Waals surface area contributed by atoms with Crippen molar-refractivity contribution in [3.8, 4) is 11.5 Å². The number of benzene rings is 3. The van der Waals surface area contributed by atoms with Crippen LogP contribution >= 0.6 is 0 Å². The standard InChI is InChI=1S/C20H18O3/c1-14-7-9-15(10-8-14)18(21)13-23-20-12-17-6-4-3-5-16(17)11-19(20)22-2/h3-12H,13H2,1-2H3. The molecule has 0 unspecified atom stereocenters. The van der Waals surface area contributed by atoms with Crippen LogP contribution in [-0.2, 0) is 0 Å². The highest BCUT2D eigenvalue weighted by molar-refractivity contribution is 5.97. The Morgan fingerprint density at radius 2 is 1.52 bits per heavy atom. The molecule has 0 fully saturated rings. The quantitative estimate of drug-likeness (QED) is 0.655. The van der Waals surface area contributed by atoms with Gasteiger partial charge in [0.05, 0.1) is 7.11 Å². The summed E-state index contributed by atoms with van der Waals surface area (Å²) in [6.45, 7) is 1.97. The molecule has 0 aliphatic heterocycles. The van der Waals surface area contributed by atoms with Gasteiger partial charge >= 0.3 is 0 Å². The second-order valence-corrected chi connectivity index (χ2v) is 5.43. The number of hydrogen-bond acceptors (Lipinski definition) is 3. The molecule has 0 saturated carbocycles. The van der Waals surface area contributed by atoms with Crippen molar-refractivity contribution in [3.63, 3.8) is 0 Å². The summed E-state index contributed by atoms with van der Waals surface area (Å²) in [5.74, 6) is 1.15. The maximum atomic E-state index is 12.2. The average Bonchev–Trinajstić information content (AvgIpc) is 2.59. The molecule has 3 rings (SSSR count). The van der Waals surface area contributed by atoms with Crippen LogP contribution in [0, 0.1) is 6.92 Å². The van der Waals surface area contributed by atoms with Gasteiger partial charge in [0, 0.05) is 5.56 Å². The molecule has 0 aliphatic carbocycles. The van der Waals surface area contributed by atoms with E-state index in [-0.39, 0.29) is 12.4 Å². The van der Waals surface area contributed by atoms with Crippen molar-refractivity contribution in [1.29, 1.82) is 0 Å². The van der Waals surface area contributed by atoms with Crippen molar-refractivity contribution in [2.75, 3.05) is 13.7 Å². The van der Waals surface area contributed by atoms with Crippen LogP contribution in [0.1, 0.15) is 15.9 Å². The molecule has 0 N–H and O–H groups in total. The molecule has 0 saturated heterocycles. The van der Waals surface area contributed by atoms with Crippen LogP contribution in [0.3, 0.4) is 0 Å². The van der Waals surface area contributed by atoms with Gasteiger partial charge < -0.3 is 9.47 Å². The van der Waals surface area contributed by atoms with E-state index in [4.69, 9.17) is 9.47 Å². The summed E-state index contributed by atoms with van der Waals surface area (Å²) in [7, 11) is 1.60. The summed E-state index contributed by atoms with van der Waals surface area (Å²) >= 11 is 0. The number of aryl methyl sites for hydroxylation is 1. The van der Waals surface area contributed by atoms with Crippen molar-refractivity contribution in [2.24, 2.45) is 0 Å². The summed E-state index contributed by atoms with van der Waals surface area (Å²) in [6.07, 6.45) is 0. The van der Waals surface area contributed by atoms with Gasteiger partial charge in [0.15, 0.2) is 23.9 Å². The Bertz CT molecular complexity index is 835. The van der Waals surface area contributed by atoms with Crippen molar-refractivity contribution in [1.82, 2.24) is 0 Å². The fourth-order valence-electron chi connectivity index (χ4n) is 2.44. The zero-order chi connectivity index (χ0) is 16.2. The van der Waals surface area contributed by atoms with Crippen LogP contribution in [0.4, 0.5) is 0 Å². The minimum Gasteiger partial charge on any atom is -0.493 e. The van der Waals surface area contributed by atoms with Crippen LogP contribution in [-0.4, -0.2) is 19.5 Å². The zero-order valence-electron chi connectivity index (χ0n) is 13.2. The Balaban J connectivity index is 1.80. The predicted octanol–water partition coefficient (Wildman–Crippen LogP) is 4.42. The first kappa shape index (κ1) is 15.1. The number of ketones is 1. The molecule has 0 amide bonds. The molecule has 0 spiro atoms. The Hall–Kier alpha value is -2.81. The van der Waals surface area contributed by atoms with Gasteiger partial charge in [-0.3, -0.25) is 4.79 Å². The van der Waals surface area contributed by atoms with E-state index in [1.54, 1.807) is 7.11 Å². The fourth-order valence-corrected chi connectivity index (χ4v) is 2.44. The molecule has 0 heterocycles. The minimum absolute atomic E-state index is 0.0161. The SMILES string of the molecule is COc1cc2ccccc2cc1OCC(=O)c1ccc(C)cc1. The Morgan fingerprint density at radius 1 is 0.913 bits per heavy atom. The number of rotatable bonds is 5. The molecule has 3 aromatic rings. The van der Waals surface area contributed by atoms with E-state index >= 15 is 0 Å². The number of methoxy groups -OCH3 is 1. The molecule has 0 radical (unpaired) electrons. The van der Waals surface area contributed by atoms with Crippen molar-refractivity contribution < 1.29 is 14.3 Å². The lowest BCUT2D eigenvalue weighted by Gasteiger charge is -2.12. The molecular formula is C20H18O3. The fraction of sp³-hybridized carbons (Fsp3) is 0.150. The van der Waals surface area contributed by atoms with Crippen LogP contribution in [0.2, 0.25) is 0 Å². The van der Waals surface area contributed by atoms with Gasteiger partial charge in [-0.1, -0.05) is 54.1 Å². The zero-order valence-corrected chi connectivity index (χ0v) is 13.2. The van der Waals surface area contributed by atoms with E-state index in [2.05, 4.69) is 0 Å². The van der Waals surface area contributed by atoms with Crippen molar-refractivity contribution in [3.05, 3.63) is 71.8 Å². The molecule has 116 valence electrons. The van der Waals surface area contributed by atoms with Gasteiger partial charge in [0.2, 0.25) is 0 Å². The first-order valence-electron chi connectivity index (χ1n) is 7.47. The molecule has 0 bridgehead atoms. The van der Waals surface area contributed by atoms with Crippen molar-refractivity contribution >= 4 is 16.6 Å². The number of fused-ring (bicyclic) bond motifs is 1. The smallest absolute Gasteiger partial charge is 0.200 e. The highest BCUT2D eigenvalue weighted by Crippen LogP contribution is 2.32. The second-order valence-electron chi connectivity index (χ2n) is 5.43. The van der Waals surface area contributed by atoms with Crippen LogP contribution in [0.25, 0.3) is 10.8 Å². The highest BCUT2D eigenvalue weighted by Gasteiger charge is 2.11.